The minimum Gasteiger partial charge on any atom is -0.396 e. The number of ether oxygens (including phenoxy) is 1. The first-order chi connectivity index (χ1) is 7.69. The second-order valence-electron chi connectivity index (χ2n) is 3.96. The Hall–Kier alpha value is -0.910. The zero-order chi connectivity index (χ0) is 12.0. The molecule has 0 aromatic carbocycles. The molecule has 5 heteroatoms. The number of methoxy groups -OCH3 is 1. The van der Waals surface area contributed by atoms with Crippen LogP contribution in [0.1, 0.15) is 23.4 Å². The molecule has 0 aliphatic heterocycles. The van der Waals surface area contributed by atoms with Crippen molar-refractivity contribution < 1.29 is 9.84 Å². The minimum atomic E-state index is 0.171. The number of hydrogen-bond donors (Lipinski definition) is 3. The Morgan fingerprint density at radius 2 is 2.25 bits per heavy atom. The summed E-state index contributed by atoms with van der Waals surface area (Å²) in [6, 6.07) is 0.184. The summed E-state index contributed by atoms with van der Waals surface area (Å²) >= 11 is 0. The summed E-state index contributed by atoms with van der Waals surface area (Å²) in [5.74, 6) is 0. The molecule has 1 aromatic rings. The van der Waals surface area contributed by atoms with E-state index in [0.717, 1.165) is 17.9 Å². The third-order valence-corrected chi connectivity index (χ3v) is 2.69. The summed E-state index contributed by atoms with van der Waals surface area (Å²) < 4.78 is 5.09. The Kier molecular flexibility index (Phi) is 5.45. The van der Waals surface area contributed by atoms with Crippen LogP contribution in [0.4, 0.5) is 0 Å². The smallest absolute Gasteiger partial charge is 0.0638 e. The van der Waals surface area contributed by atoms with Crippen molar-refractivity contribution in [2.24, 2.45) is 0 Å². The first kappa shape index (κ1) is 13.2. The molecule has 0 aliphatic carbocycles. The molecule has 1 unspecified atom stereocenters. The third-order valence-electron chi connectivity index (χ3n) is 2.69. The topological polar surface area (TPSA) is 70.2 Å². The molecule has 0 aliphatic rings. The van der Waals surface area contributed by atoms with Gasteiger partial charge in [0.15, 0.2) is 0 Å². The van der Waals surface area contributed by atoms with E-state index in [4.69, 9.17) is 9.84 Å². The number of nitrogens with zero attached hydrogens (tertiary/aromatic N) is 1. The van der Waals surface area contributed by atoms with E-state index in [-0.39, 0.29) is 12.6 Å². The lowest BCUT2D eigenvalue weighted by Gasteiger charge is -2.16. The van der Waals surface area contributed by atoms with Crippen LogP contribution in [-0.4, -0.2) is 41.7 Å². The monoisotopic (exact) mass is 227 g/mol. The van der Waals surface area contributed by atoms with Crippen molar-refractivity contribution >= 4 is 0 Å². The maximum absolute atomic E-state index is 8.92. The number of aliphatic hydroxyl groups excluding tert-OH is 1. The zero-order valence-corrected chi connectivity index (χ0v) is 10.2. The first-order valence-corrected chi connectivity index (χ1v) is 5.52. The molecule has 92 valence electrons. The van der Waals surface area contributed by atoms with Crippen LogP contribution in [0, 0.1) is 13.8 Å². The molecule has 0 saturated heterocycles. The Morgan fingerprint density at radius 1 is 1.50 bits per heavy atom. The van der Waals surface area contributed by atoms with Gasteiger partial charge in [-0.1, -0.05) is 0 Å². The number of aryl methyl sites for hydroxylation is 2. The van der Waals surface area contributed by atoms with Gasteiger partial charge in [-0.3, -0.25) is 5.10 Å². The predicted molar refractivity (Wildman–Crippen MR) is 62.3 cm³/mol. The van der Waals surface area contributed by atoms with Crippen LogP contribution in [-0.2, 0) is 11.3 Å². The fraction of sp³-hybridized carbons (Fsp3) is 0.727. The van der Waals surface area contributed by atoms with Crippen molar-refractivity contribution in [2.45, 2.75) is 32.9 Å². The number of aromatic nitrogens is 2. The van der Waals surface area contributed by atoms with Crippen LogP contribution < -0.4 is 5.32 Å². The molecule has 1 aromatic heterocycles. The highest BCUT2D eigenvalue weighted by Gasteiger charge is 2.10. The van der Waals surface area contributed by atoms with E-state index in [1.165, 1.54) is 5.56 Å². The number of aromatic amines is 1. The van der Waals surface area contributed by atoms with Gasteiger partial charge >= 0.3 is 0 Å². The van der Waals surface area contributed by atoms with E-state index in [1.54, 1.807) is 7.11 Å². The minimum absolute atomic E-state index is 0.171. The number of hydrogen-bond acceptors (Lipinski definition) is 4. The molecule has 0 fully saturated rings. The van der Waals surface area contributed by atoms with Gasteiger partial charge in [0, 0.05) is 37.6 Å². The lowest BCUT2D eigenvalue weighted by Crippen LogP contribution is -2.33. The summed E-state index contributed by atoms with van der Waals surface area (Å²) in [5.41, 5.74) is 3.30. The highest BCUT2D eigenvalue weighted by Crippen LogP contribution is 2.09. The summed E-state index contributed by atoms with van der Waals surface area (Å²) in [5, 5.41) is 19.4. The number of nitrogens with one attached hydrogen (secondary N) is 2. The summed E-state index contributed by atoms with van der Waals surface area (Å²) in [6.45, 7) is 5.52. The molecule has 1 rings (SSSR count). The molecule has 3 N–H and O–H groups in total. The van der Waals surface area contributed by atoms with Gasteiger partial charge in [-0.15, -0.1) is 0 Å². The fourth-order valence-electron chi connectivity index (χ4n) is 1.68. The van der Waals surface area contributed by atoms with Crippen LogP contribution >= 0.6 is 0 Å². The van der Waals surface area contributed by atoms with Gasteiger partial charge < -0.3 is 15.2 Å². The standard InChI is InChI=1S/C11H21N3O2/c1-8-11(9(2)14-13-8)6-12-10(4-5-15)7-16-3/h10,12,15H,4-7H2,1-3H3,(H,13,14). The molecule has 0 saturated carbocycles. The highest BCUT2D eigenvalue weighted by atomic mass is 16.5. The van der Waals surface area contributed by atoms with Gasteiger partial charge in [-0.05, 0) is 20.3 Å². The number of rotatable bonds is 7. The second kappa shape index (κ2) is 6.62. The quantitative estimate of drug-likeness (QED) is 0.635. The van der Waals surface area contributed by atoms with Gasteiger partial charge in [-0.2, -0.15) is 5.10 Å². The lowest BCUT2D eigenvalue weighted by molar-refractivity contribution is 0.148. The second-order valence-corrected chi connectivity index (χ2v) is 3.96. The maximum atomic E-state index is 8.92. The average Bonchev–Trinajstić information content (AvgIpc) is 2.56. The van der Waals surface area contributed by atoms with Crippen molar-refractivity contribution in [3.05, 3.63) is 17.0 Å². The Balaban J connectivity index is 2.48. The lowest BCUT2D eigenvalue weighted by atomic mass is 10.1. The van der Waals surface area contributed by atoms with Crippen LogP contribution in [0.3, 0.4) is 0 Å². The Morgan fingerprint density at radius 3 is 2.75 bits per heavy atom. The van der Waals surface area contributed by atoms with Crippen molar-refractivity contribution in [3.8, 4) is 0 Å². The van der Waals surface area contributed by atoms with Crippen LogP contribution in [0.5, 0.6) is 0 Å². The van der Waals surface area contributed by atoms with Crippen LogP contribution in [0.2, 0.25) is 0 Å². The highest BCUT2D eigenvalue weighted by molar-refractivity contribution is 5.22. The Labute approximate surface area is 96.2 Å². The molecule has 1 heterocycles. The maximum Gasteiger partial charge on any atom is 0.0638 e. The largest absolute Gasteiger partial charge is 0.396 e. The van der Waals surface area contributed by atoms with Crippen molar-refractivity contribution in [3.63, 3.8) is 0 Å². The molecular formula is C11H21N3O2. The fourth-order valence-corrected chi connectivity index (χ4v) is 1.68. The van der Waals surface area contributed by atoms with Crippen molar-refractivity contribution in [1.29, 1.82) is 0 Å². The molecule has 0 amide bonds. The first-order valence-electron chi connectivity index (χ1n) is 5.52. The van der Waals surface area contributed by atoms with Crippen molar-refractivity contribution in [1.82, 2.24) is 15.5 Å². The third kappa shape index (κ3) is 3.59. The summed E-state index contributed by atoms with van der Waals surface area (Å²) in [4.78, 5) is 0. The zero-order valence-electron chi connectivity index (χ0n) is 10.2. The van der Waals surface area contributed by atoms with E-state index in [1.807, 2.05) is 13.8 Å². The molecule has 0 spiro atoms. The molecular weight excluding hydrogens is 206 g/mol. The molecule has 1 atom stereocenters. The Bertz CT molecular complexity index is 287. The van der Waals surface area contributed by atoms with Gasteiger partial charge in [0.1, 0.15) is 0 Å². The van der Waals surface area contributed by atoms with E-state index >= 15 is 0 Å². The molecule has 0 bridgehead atoms. The molecule has 16 heavy (non-hydrogen) atoms. The van der Waals surface area contributed by atoms with Gasteiger partial charge in [0.2, 0.25) is 0 Å². The van der Waals surface area contributed by atoms with E-state index in [0.29, 0.717) is 13.0 Å². The van der Waals surface area contributed by atoms with E-state index in [2.05, 4.69) is 15.5 Å². The number of aliphatic hydroxyl groups is 1. The van der Waals surface area contributed by atoms with Gasteiger partial charge in [0.05, 0.1) is 12.3 Å². The summed E-state index contributed by atoms with van der Waals surface area (Å²) in [6.07, 6.45) is 0.698. The van der Waals surface area contributed by atoms with Gasteiger partial charge in [0.25, 0.3) is 0 Å². The molecule has 5 nitrogen and oxygen atoms in total. The van der Waals surface area contributed by atoms with Crippen LogP contribution in [0.15, 0.2) is 0 Å². The molecule has 0 radical (unpaired) electrons. The van der Waals surface area contributed by atoms with Crippen molar-refractivity contribution in [2.75, 3.05) is 20.3 Å². The van der Waals surface area contributed by atoms with Crippen LogP contribution in [0.25, 0.3) is 0 Å². The normalized spacial score (nSPS) is 13.0. The number of H-pyrrole nitrogens is 1. The van der Waals surface area contributed by atoms with E-state index < -0.39 is 0 Å². The SMILES string of the molecule is COCC(CCO)NCc1c(C)n[nH]c1C. The summed E-state index contributed by atoms with van der Waals surface area (Å²) in [7, 11) is 1.67. The predicted octanol–water partition coefficient (Wildman–Crippen LogP) is 0.514. The average molecular weight is 227 g/mol. The van der Waals surface area contributed by atoms with Gasteiger partial charge in [-0.25, -0.2) is 0 Å². The van der Waals surface area contributed by atoms with E-state index in [9.17, 15) is 0 Å².